The third-order valence-electron chi connectivity index (χ3n) is 1.29. The first-order valence-electron chi connectivity index (χ1n) is 3.79. The van der Waals surface area contributed by atoms with Crippen molar-refractivity contribution in [3.8, 4) is 0 Å². The quantitative estimate of drug-likeness (QED) is 0.405. The van der Waals surface area contributed by atoms with Crippen molar-refractivity contribution >= 4 is 24.0 Å². The summed E-state index contributed by atoms with van der Waals surface area (Å²) in [4.78, 5) is 11.4. The number of carbonyl (C=O) groups excluding carboxylic acids is 1. The first kappa shape index (κ1) is 12.1. The van der Waals surface area contributed by atoms with Gasteiger partial charge < -0.3 is 4.74 Å². The summed E-state index contributed by atoms with van der Waals surface area (Å²) in [7, 11) is 1.33. The largest absolute Gasteiger partial charge is 0.468 e. The average molecular weight is 205 g/mol. The molecule has 0 saturated carbocycles. The third-order valence-corrected chi connectivity index (χ3v) is 2.27. The number of amides is 2. The molecule has 76 valence electrons. The van der Waals surface area contributed by atoms with E-state index in [1.54, 1.807) is 6.26 Å². The van der Waals surface area contributed by atoms with Gasteiger partial charge in [-0.25, -0.2) is 4.79 Å². The molecule has 0 spiro atoms. The molecule has 6 heteroatoms. The first-order chi connectivity index (χ1) is 6.02. The minimum atomic E-state index is -0.339. The molecule has 2 N–H and O–H groups in total. The topological polar surface area (TPSA) is 65.4 Å². The molecule has 0 atom stereocenters. The van der Waals surface area contributed by atoms with E-state index in [4.69, 9.17) is 5.41 Å². The van der Waals surface area contributed by atoms with Crippen LogP contribution >= 0.6 is 11.9 Å². The van der Waals surface area contributed by atoms with Gasteiger partial charge in [-0.3, -0.25) is 15.0 Å². The zero-order chi connectivity index (χ0) is 10.4. The van der Waals surface area contributed by atoms with Gasteiger partial charge >= 0.3 is 6.03 Å². The van der Waals surface area contributed by atoms with Gasteiger partial charge in [0.2, 0.25) is 0 Å². The number of nitrogens with one attached hydrogen (secondary N) is 2. The monoisotopic (exact) mass is 205 g/mol. The van der Waals surface area contributed by atoms with E-state index in [1.807, 2.05) is 13.8 Å². The summed E-state index contributed by atoms with van der Waals surface area (Å²) in [6.07, 6.45) is 1.80. The van der Waals surface area contributed by atoms with Crippen LogP contribution in [0.4, 0.5) is 4.79 Å². The zero-order valence-electron chi connectivity index (χ0n) is 8.25. The fourth-order valence-corrected chi connectivity index (χ4v) is 1.36. The second kappa shape index (κ2) is 5.69. The Morgan fingerprint density at radius 3 is 2.46 bits per heavy atom. The molecule has 2 amide bonds. The van der Waals surface area contributed by atoms with Crippen LogP contribution in [-0.4, -0.2) is 35.8 Å². The Hall–Kier alpha value is -0.910. The smallest absolute Gasteiger partial charge is 0.335 e. The number of urea groups is 1. The maximum atomic E-state index is 11.4. The van der Waals surface area contributed by atoms with Crippen molar-refractivity contribution in [1.29, 1.82) is 5.41 Å². The van der Waals surface area contributed by atoms with Crippen molar-refractivity contribution in [2.24, 2.45) is 0 Å². The van der Waals surface area contributed by atoms with Crippen LogP contribution in [0.5, 0.6) is 0 Å². The molecular weight excluding hydrogens is 190 g/mol. The average Bonchev–Trinajstić information content (AvgIpc) is 2.04. The first-order valence-corrected chi connectivity index (χ1v) is 4.98. The van der Waals surface area contributed by atoms with Crippen molar-refractivity contribution < 1.29 is 9.53 Å². The Balaban J connectivity index is 4.14. The van der Waals surface area contributed by atoms with E-state index in [1.165, 1.54) is 23.4 Å². The van der Waals surface area contributed by atoms with Gasteiger partial charge in [0.05, 0.1) is 7.11 Å². The van der Waals surface area contributed by atoms with Crippen molar-refractivity contribution in [3.05, 3.63) is 0 Å². The van der Waals surface area contributed by atoms with Gasteiger partial charge in [-0.2, -0.15) is 0 Å². The Morgan fingerprint density at radius 2 is 2.15 bits per heavy atom. The van der Waals surface area contributed by atoms with E-state index in [0.29, 0.717) is 0 Å². The normalized spacial score (nSPS) is 9.62. The number of methoxy groups -OCH3 is 1. The lowest BCUT2D eigenvalue weighted by Gasteiger charge is -2.23. The number of rotatable bonds is 2. The fraction of sp³-hybridized carbons (Fsp3) is 0.714. The summed E-state index contributed by atoms with van der Waals surface area (Å²) < 4.78 is 6.03. The second-order valence-electron chi connectivity index (χ2n) is 2.57. The lowest BCUT2D eigenvalue weighted by atomic mass is 10.4. The maximum absolute atomic E-state index is 11.4. The van der Waals surface area contributed by atoms with Crippen molar-refractivity contribution in [2.75, 3.05) is 13.4 Å². The molecule has 0 heterocycles. The molecular formula is C7H15N3O2S. The van der Waals surface area contributed by atoms with E-state index in [0.717, 1.165) is 0 Å². The van der Waals surface area contributed by atoms with Crippen LogP contribution in [0.15, 0.2) is 0 Å². The minimum Gasteiger partial charge on any atom is -0.468 e. The molecule has 5 nitrogen and oxygen atoms in total. The minimum absolute atomic E-state index is 0.0830. The van der Waals surface area contributed by atoms with Crippen LogP contribution in [0.25, 0.3) is 0 Å². The van der Waals surface area contributed by atoms with Gasteiger partial charge in [-0.1, -0.05) is 0 Å². The Labute approximate surface area is 82.5 Å². The Bertz CT molecular complexity index is 196. The maximum Gasteiger partial charge on any atom is 0.335 e. The molecule has 0 rings (SSSR count). The van der Waals surface area contributed by atoms with Gasteiger partial charge in [0.1, 0.15) is 0 Å². The summed E-state index contributed by atoms with van der Waals surface area (Å²) >= 11 is 1.31. The van der Waals surface area contributed by atoms with Gasteiger partial charge in [0.15, 0.2) is 0 Å². The highest BCUT2D eigenvalue weighted by molar-refractivity contribution is 7.96. The number of amidine groups is 1. The highest BCUT2D eigenvalue weighted by Crippen LogP contribution is 2.10. The van der Waals surface area contributed by atoms with Gasteiger partial charge in [0, 0.05) is 12.3 Å². The zero-order valence-corrected chi connectivity index (χ0v) is 9.07. The van der Waals surface area contributed by atoms with Crippen LogP contribution < -0.4 is 5.32 Å². The molecule has 0 saturated heterocycles. The predicted octanol–water partition coefficient (Wildman–Crippen LogP) is 1.27. The molecule has 0 aromatic heterocycles. The summed E-state index contributed by atoms with van der Waals surface area (Å²) in [5.74, 6) is 0. The molecule has 0 aliphatic carbocycles. The SMILES string of the molecule is COC(=N)NC(=O)N(SC)C(C)C. The van der Waals surface area contributed by atoms with E-state index < -0.39 is 0 Å². The fourth-order valence-electron chi connectivity index (χ4n) is 0.731. The standard InChI is InChI=1S/C7H15N3O2S/c1-5(2)10(13-4)7(11)9-6(8)12-3/h5H,1-4H3,(H2,8,9,11). The highest BCUT2D eigenvalue weighted by Gasteiger charge is 2.16. The number of ether oxygens (including phenoxy) is 1. The number of carbonyl (C=O) groups is 1. The molecule has 0 fully saturated rings. The molecule has 0 radical (unpaired) electrons. The lowest BCUT2D eigenvalue weighted by Crippen LogP contribution is -2.42. The summed E-state index contributed by atoms with van der Waals surface area (Å²) in [5, 5.41) is 9.38. The molecule has 13 heavy (non-hydrogen) atoms. The molecule has 0 bridgehead atoms. The van der Waals surface area contributed by atoms with Crippen LogP contribution in [0.1, 0.15) is 13.8 Å². The molecule has 0 unspecified atom stereocenters. The number of hydrogen-bond acceptors (Lipinski definition) is 4. The van der Waals surface area contributed by atoms with Crippen LogP contribution in [0, 0.1) is 5.41 Å². The van der Waals surface area contributed by atoms with Crippen molar-refractivity contribution in [2.45, 2.75) is 19.9 Å². The lowest BCUT2D eigenvalue weighted by molar-refractivity contribution is 0.222. The predicted molar refractivity (Wildman–Crippen MR) is 53.8 cm³/mol. The summed E-state index contributed by atoms with van der Waals surface area (Å²) in [6.45, 7) is 3.79. The van der Waals surface area contributed by atoms with Crippen LogP contribution in [-0.2, 0) is 4.74 Å². The van der Waals surface area contributed by atoms with Crippen molar-refractivity contribution in [1.82, 2.24) is 9.62 Å². The van der Waals surface area contributed by atoms with Gasteiger partial charge in [-0.05, 0) is 25.8 Å². The van der Waals surface area contributed by atoms with E-state index in [-0.39, 0.29) is 18.1 Å². The van der Waals surface area contributed by atoms with Gasteiger partial charge in [-0.15, -0.1) is 0 Å². The Kier molecular flexibility index (Phi) is 5.29. The van der Waals surface area contributed by atoms with Crippen LogP contribution in [0.2, 0.25) is 0 Å². The molecule has 0 aromatic rings. The molecule has 0 aliphatic heterocycles. The Morgan fingerprint density at radius 1 is 1.62 bits per heavy atom. The molecule has 0 aliphatic rings. The summed E-state index contributed by atoms with van der Waals surface area (Å²) in [5.41, 5.74) is 0. The van der Waals surface area contributed by atoms with Crippen LogP contribution in [0.3, 0.4) is 0 Å². The second-order valence-corrected chi connectivity index (χ2v) is 3.32. The van der Waals surface area contributed by atoms with Gasteiger partial charge in [0.25, 0.3) is 6.02 Å². The molecule has 0 aromatic carbocycles. The van der Waals surface area contributed by atoms with E-state index >= 15 is 0 Å². The van der Waals surface area contributed by atoms with Crippen molar-refractivity contribution in [3.63, 3.8) is 0 Å². The summed E-state index contributed by atoms with van der Waals surface area (Å²) in [6, 6.07) is -0.501. The van der Waals surface area contributed by atoms with E-state index in [9.17, 15) is 4.79 Å². The number of hydrogen-bond donors (Lipinski definition) is 2. The van der Waals surface area contributed by atoms with E-state index in [2.05, 4.69) is 10.1 Å². The number of nitrogens with zero attached hydrogens (tertiary/aromatic N) is 1. The highest BCUT2D eigenvalue weighted by atomic mass is 32.2. The third kappa shape index (κ3) is 4.02.